The van der Waals surface area contributed by atoms with Crippen molar-refractivity contribution in [2.75, 3.05) is 13.2 Å². The molecular formula is C21H41O7P. The summed E-state index contributed by atoms with van der Waals surface area (Å²) in [7, 11) is -4.62. The van der Waals surface area contributed by atoms with E-state index in [4.69, 9.17) is 14.5 Å². The van der Waals surface area contributed by atoms with Crippen molar-refractivity contribution in [1.29, 1.82) is 0 Å². The van der Waals surface area contributed by atoms with Gasteiger partial charge in [0.2, 0.25) is 0 Å². The predicted molar refractivity (Wildman–Crippen MR) is 114 cm³/mol. The Morgan fingerprint density at radius 3 is 1.93 bits per heavy atom. The molecule has 0 spiro atoms. The number of esters is 1. The second-order valence-electron chi connectivity index (χ2n) is 7.46. The van der Waals surface area contributed by atoms with Crippen LogP contribution in [0.5, 0.6) is 0 Å². The minimum absolute atomic E-state index is 0.287. The Morgan fingerprint density at radius 2 is 1.38 bits per heavy atom. The fourth-order valence-corrected chi connectivity index (χ4v) is 3.20. The van der Waals surface area contributed by atoms with E-state index in [0.717, 1.165) is 19.3 Å². The minimum Gasteiger partial charge on any atom is -0.463 e. The molecule has 0 aliphatic carbocycles. The van der Waals surface area contributed by atoms with E-state index in [1.165, 1.54) is 64.2 Å². The van der Waals surface area contributed by atoms with Crippen LogP contribution in [0, 0.1) is 0 Å². The van der Waals surface area contributed by atoms with E-state index in [2.05, 4.69) is 23.6 Å². The summed E-state index contributed by atoms with van der Waals surface area (Å²) >= 11 is 0. The van der Waals surface area contributed by atoms with Crippen molar-refractivity contribution < 1.29 is 33.5 Å². The molecule has 172 valence electrons. The maximum atomic E-state index is 11.5. The molecule has 0 aromatic carbocycles. The van der Waals surface area contributed by atoms with Gasteiger partial charge in [-0.1, -0.05) is 70.4 Å². The van der Waals surface area contributed by atoms with Crippen LogP contribution in [0.4, 0.5) is 0 Å². The van der Waals surface area contributed by atoms with E-state index in [1.54, 1.807) is 0 Å². The second-order valence-corrected chi connectivity index (χ2v) is 8.70. The van der Waals surface area contributed by atoms with Gasteiger partial charge in [-0.05, 0) is 32.1 Å². The molecule has 1 atom stereocenters. The van der Waals surface area contributed by atoms with Gasteiger partial charge in [0.15, 0.2) is 0 Å². The summed E-state index contributed by atoms with van der Waals surface area (Å²) in [4.78, 5) is 28.6. The molecule has 0 saturated carbocycles. The predicted octanol–water partition coefficient (Wildman–Crippen LogP) is 5.04. The Balaban J connectivity index is 3.36. The van der Waals surface area contributed by atoms with Gasteiger partial charge in [0.25, 0.3) is 0 Å². The highest BCUT2D eigenvalue weighted by molar-refractivity contribution is 7.46. The van der Waals surface area contributed by atoms with Crippen molar-refractivity contribution in [3.05, 3.63) is 12.2 Å². The van der Waals surface area contributed by atoms with Gasteiger partial charge in [0.1, 0.15) is 12.7 Å². The minimum atomic E-state index is -4.62. The largest absolute Gasteiger partial charge is 0.469 e. The highest BCUT2D eigenvalue weighted by Crippen LogP contribution is 2.35. The fourth-order valence-electron chi connectivity index (χ4n) is 2.83. The van der Waals surface area contributed by atoms with E-state index >= 15 is 0 Å². The first-order valence-corrected chi connectivity index (χ1v) is 12.6. The molecule has 0 aliphatic rings. The van der Waals surface area contributed by atoms with Gasteiger partial charge in [0.05, 0.1) is 6.61 Å². The molecule has 0 aromatic heterocycles. The number of ether oxygens (including phenoxy) is 1. The van der Waals surface area contributed by atoms with Crippen LogP contribution >= 0.6 is 7.82 Å². The number of aliphatic hydroxyl groups is 1. The van der Waals surface area contributed by atoms with Gasteiger partial charge in [-0.3, -0.25) is 9.32 Å². The van der Waals surface area contributed by atoms with Crippen molar-refractivity contribution in [1.82, 2.24) is 0 Å². The van der Waals surface area contributed by atoms with Crippen LogP contribution < -0.4 is 0 Å². The Kier molecular flexibility index (Phi) is 18.8. The monoisotopic (exact) mass is 436 g/mol. The smallest absolute Gasteiger partial charge is 0.463 e. The molecule has 0 rings (SSSR count). The summed E-state index contributed by atoms with van der Waals surface area (Å²) < 4.78 is 19.5. The molecule has 0 radical (unpaired) electrons. The topological polar surface area (TPSA) is 113 Å². The number of allylic oxidation sites excluding steroid dienone is 2. The molecule has 0 amide bonds. The van der Waals surface area contributed by atoms with Gasteiger partial charge < -0.3 is 19.6 Å². The third kappa shape index (κ3) is 23.4. The summed E-state index contributed by atoms with van der Waals surface area (Å²) in [5, 5.41) is 9.42. The Bertz CT molecular complexity index is 462. The Morgan fingerprint density at radius 1 is 0.862 bits per heavy atom. The molecule has 1 unspecified atom stereocenters. The van der Waals surface area contributed by atoms with Crippen LogP contribution in [0.25, 0.3) is 0 Å². The number of phosphoric ester groups is 1. The molecule has 29 heavy (non-hydrogen) atoms. The van der Waals surface area contributed by atoms with Crippen LogP contribution in [0.2, 0.25) is 0 Å². The van der Waals surface area contributed by atoms with Crippen molar-refractivity contribution in [3.8, 4) is 0 Å². The van der Waals surface area contributed by atoms with E-state index in [-0.39, 0.29) is 13.0 Å². The maximum Gasteiger partial charge on any atom is 0.469 e. The molecule has 7 nitrogen and oxygen atoms in total. The first kappa shape index (κ1) is 28.3. The third-order valence-electron chi connectivity index (χ3n) is 4.51. The lowest BCUT2D eigenvalue weighted by Gasteiger charge is -2.12. The third-order valence-corrected chi connectivity index (χ3v) is 5.00. The summed E-state index contributed by atoms with van der Waals surface area (Å²) in [6.45, 7) is 1.33. The zero-order valence-electron chi connectivity index (χ0n) is 18.0. The normalized spacial score (nSPS) is 13.1. The van der Waals surface area contributed by atoms with Gasteiger partial charge >= 0.3 is 13.8 Å². The maximum absolute atomic E-state index is 11.5. The molecule has 8 heteroatoms. The molecular weight excluding hydrogens is 395 g/mol. The first-order chi connectivity index (χ1) is 13.8. The average Bonchev–Trinajstić information content (AvgIpc) is 2.67. The lowest BCUT2D eigenvalue weighted by Crippen LogP contribution is -2.23. The van der Waals surface area contributed by atoms with E-state index < -0.39 is 26.5 Å². The number of carbonyl (C=O) groups excluding carboxylic acids is 1. The quantitative estimate of drug-likeness (QED) is 0.106. The van der Waals surface area contributed by atoms with E-state index in [1.807, 2.05) is 0 Å². The molecule has 3 N–H and O–H groups in total. The average molecular weight is 437 g/mol. The Labute approximate surface area is 176 Å². The van der Waals surface area contributed by atoms with Crippen molar-refractivity contribution >= 4 is 13.8 Å². The van der Waals surface area contributed by atoms with Crippen molar-refractivity contribution in [2.45, 2.75) is 103 Å². The van der Waals surface area contributed by atoms with Crippen LogP contribution in [-0.2, 0) is 18.6 Å². The summed E-state index contributed by atoms with van der Waals surface area (Å²) in [6, 6.07) is 0. The van der Waals surface area contributed by atoms with Crippen molar-refractivity contribution in [2.24, 2.45) is 0 Å². The highest BCUT2D eigenvalue weighted by atomic mass is 31.2. The van der Waals surface area contributed by atoms with Crippen LogP contribution in [0.3, 0.4) is 0 Å². The lowest BCUT2D eigenvalue weighted by molar-refractivity contribution is -0.147. The number of phosphoric acid groups is 1. The van der Waals surface area contributed by atoms with Crippen LogP contribution in [0.15, 0.2) is 12.2 Å². The van der Waals surface area contributed by atoms with Gasteiger partial charge in [-0.25, -0.2) is 4.57 Å². The molecule has 0 aliphatic heterocycles. The zero-order valence-corrected chi connectivity index (χ0v) is 18.9. The van der Waals surface area contributed by atoms with Crippen LogP contribution in [0.1, 0.15) is 96.8 Å². The zero-order chi connectivity index (χ0) is 21.8. The Hall–Kier alpha value is -0.720. The number of rotatable bonds is 20. The molecule has 0 fully saturated rings. The highest BCUT2D eigenvalue weighted by Gasteiger charge is 2.17. The first-order valence-electron chi connectivity index (χ1n) is 11.0. The van der Waals surface area contributed by atoms with Crippen molar-refractivity contribution in [3.63, 3.8) is 0 Å². The van der Waals surface area contributed by atoms with Gasteiger partial charge in [-0.2, -0.15) is 0 Å². The van der Waals surface area contributed by atoms with Gasteiger partial charge in [-0.15, -0.1) is 0 Å². The second kappa shape index (κ2) is 19.3. The van der Waals surface area contributed by atoms with E-state index in [9.17, 15) is 14.5 Å². The number of unbranched alkanes of at least 4 members (excludes halogenated alkanes) is 11. The SMILES string of the molecule is CCCCCC/C=C/CCCCCCCCCC(=O)OCC(O)COP(=O)(O)O. The lowest BCUT2D eigenvalue weighted by atomic mass is 10.1. The summed E-state index contributed by atoms with van der Waals surface area (Å²) in [6.07, 6.45) is 19.0. The number of hydrogen-bond acceptors (Lipinski definition) is 5. The molecule has 0 bridgehead atoms. The standard InChI is InChI=1S/C21H41O7P/c1-2-3-4-5-6-7-8-9-10-11-12-13-14-15-16-17-21(23)27-18-20(22)19-28-29(24,25)26/h7-8,20,22H,2-6,9-19H2,1H3,(H2,24,25,26)/b8-7+. The fraction of sp³-hybridized carbons (Fsp3) is 0.857. The van der Waals surface area contributed by atoms with Gasteiger partial charge in [0, 0.05) is 6.42 Å². The number of aliphatic hydroxyl groups excluding tert-OH is 1. The van der Waals surface area contributed by atoms with Crippen LogP contribution in [-0.4, -0.2) is 40.2 Å². The number of carbonyl (C=O) groups is 1. The molecule has 0 heterocycles. The summed E-state index contributed by atoms with van der Waals surface area (Å²) in [5.74, 6) is -0.415. The molecule has 0 aromatic rings. The molecule has 0 saturated heterocycles. The van der Waals surface area contributed by atoms with E-state index in [0.29, 0.717) is 0 Å². The number of hydrogen-bond donors (Lipinski definition) is 3. The summed E-state index contributed by atoms with van der Waals surface area (Å²) in [5.41, 5.74) is 0.